The van der Waals surface area contributed by atoms with E-state index < -0.39 is 6.04 Å². The first kappa shape index (κ1) is 17.5. The van der Waals surface area contributed by atoms with Crippen LogP contribution in [0, 0.1) is 5.92 Å². The van der Waals surface area contributed by atoms with Crippen LogP contribution < -0.4 is 11.1 Å². The molecule has 0 radical (unpaired) electrons. The van der Waals surface area contributed by atoms with Crippen molar-refractivity contribution in [2.45, 2.75) is 32.7 Å². The number of carbonyl (C=O) groups excluding carboxylic acids is 1. The van der Waals surface area contributed by atoms with Gasteiger partial charge in [0.15, 0.2) is 0 Å². The first-order valence-corrected chi connectivity index (χ1v) is 7.07. The van der Waals surface area contributed by atoms with Crippen LogP contribution in [0.2, 0.25) is 0 Å². The lowest BCUT2D eigenvalue weighted by molar-refractivity contribution is -0.123. The summed E-state index contributed by atoms with van der Waals surface area (Å²) in [5.74, 6) is 0.119. The van der Waals surface area contributed by atoms with Crippen molar-refractivity contribution in [3.8, 4) is 0 Å². The van der Waals surface area contributed by atoms with E-state index in [2.05, 4.69) is 10.3 Å². The van der Waals surface area contributed by atoms with E-state index in [0.29, 0.717) is 13.0 Å². The Kier molecular flexibility index (Phi) is 6.65. The van der Waals surface area contributed by atoms with Gasteiger partial charge in [0, 0.05) is 25.4 Å². The Hall–Kier alpha value is -1.59. The van der Waals surface area contributed by atoms with Crippen molar-refractivity contribution in [1.29, 1.82) is 0 Å². The highest BCUT2D eigenvalue weighted by molar-refractivity contribution is 5.85. The number of carbonyl (C=O) groups is 1. The molecule has 0 spiro atoms. The molecule has 0 aliphatic rings. The predicted molar refractivity (Wildman–Crippen MR) is 86.6 cm³/mol. The van der Waals surface area contributed by atoms with E-state index in [1.165, 1.54) is 0 Å². The van der Waals surface area contributed by atoms with Crippen molar-refractivity contribution in [3.63, 3.8) is 0 Å². The molecule has 6 heteroatoms. The minimum Gasteiger partial charge on any atom is -0.354 e. The minimum atomic E-state index is -0.430. The van der Waals surface area contributed by atoms with E-state index in [4.69, 9.17) is 5.73 Å². The predicted octanol–water partition coefficient (Wildman–Crippen LogP) is 1.79. The SMILES string of the molecule is CCC(C)C(N)C(=O)NCCc1cn2ccccc2n1.Cl. The van der Waals surface area contributed by atoms with Gasteiger partial charge < -0.3 is 15.5 Å². The molecule has 21 heavy (non-hydrogen) atoms. The van der Waals surface area contributed by atoms with Crippen molar-refractivity contribution >= 4 is 24.0 Å². The third-order valence-electron chi connectivity index (χ3n) is 3.65. The second-order valence-corrected chi connectivity index (χ2v) is 5.15. The fourth-order valence-electron chi connectivity index (χ4n) is 2.05. The maximum atomic E-state index is 11.8. The smallest absolute Gasteiger partial charge is 0.237 e. The van der Waals surface area contributed by atoms with Crippen LogP contribution in [0.15, 0.2) is 30.6 Å². The average Bonchev–Trinajstić information content (AvgIpc) is 2.88. The number of fused-ring (bicyclic) bond motifs is 1. The fourth-order valence-corrected chi connectivity index (χ4v) is 2.05. The van der Waals surface area contributed by atoms with Gasteiger partial charge in [-0.05, 0) is 18.1 Å². The molecular formula is C15H23ClN4O. The van der Waals surface area contributed by atoms with Crippen molar-refractivity contribution in [2.24, 2.45) is 11.7 Å². The fraction of sp³-hybridized carbons (Fsp3) is 0.467. The zero-order valence-electron chi connectivity index (χ0n) is 12.5. The second kappa shape index (κ2) is 8.00. The molecule has 2 aromatic rings. The number of nitrogens with two attached hydrogens (primary N) is 1. The Balaban J connectivity index is 0.00000220. The van der Waals surface area contributed by atoms with Gasteiger partial charge in [-0.1, -0.05) is 26.3 Å². The van der Waals surface area contributed by atoms with Gasteiger partial charge in [-0.2, -0.15) is 0 Å². The van der Waals surface area contributed by atoms with Crippen LogP contribution in [0.3, 0.4) is 0 Å². The van der Waals surface area contributed by atoms with Crippen LogP contribution in [0.4, 0.5) is 0 Å². The number of pyridine rings is 1. The molecule has 0 saturated heterocycles. The molecule has 0 aliphatic heterocycles. The number of hydrogen-bond donors (Lipinski definition) is 2. The second-order valence-electron chi connectivity index (χ2n) is 5.15. The topological polar surface area (TPSA) is 72.4 Å². The zero-order chi connectivity index (χ0) is 14.5. The third-order valence-corrected chi connectivity index (χ3v) is 3.65. The number of halogens is 1. The van der Waals surface area contributed by atoms with Gasteiger partial charge in [0.2, 0.25) is 5.91 Å². The molecule has 3 N–H and O–H groups in total. The monoisotopic (exact) mass is 310 g/mol. The van der Waals surface area contributed by atoms with E-state index in [0.717, 1.165) is 17.8 Å². The summed E-state index contributed by atoms with van der Waals surface area (Å²) >= 11 is 0. The molecular weight excluding hydrogens is 288 g/mol. The van der Waals surface area contributed by atoms with Gasteiger partial charge >= 0.3 is 0 Å². The Labute approximate surface area is 131 Å². The molecule has 0 bridgehead atoms. The molecule has 2 heterocycles. The van der Waals surface area contributed by atoms with Crippen molar-refractivity contribution in [1.82, 2.24) is 14.7 Å². The summed E-state index contributed by atoms with van der Waals surface area (Å²) in [6.07, 6.45) is 5.56. The highest BCUT2D eigenvalue weighted by Gasteiger charge is 2.18. The Morgan fingerprint density at radius 1 is 1.48 bits per heavy atom. The van der Waals surface area contributed by atoms with E-state index in [-0.39, 0.29) is 24.2 Å². The molecule has 0 fully saturated rings. The van der Waals surface area contributed by atoms with Crippen LogP contribution in [-0.4, -0.2) is 27.9 Å². The van der Waals surface area contributed by atoms with Gasteiger partial charge in [0.05, 0.1) is 11.7 Å². The Morgan fingerprint density at radius 2 is 2.24 bits per heavy atom. The van der Waals surface area contributed by atoms with E-state index in [1.807, 2.05) is 48.8 Å². The summed E-state index contributed by atoms with van der Waals surface area (Å²) in [6, 6.07) is 5.45. The number of hydrogen-bond acceptors (Lipinski definition) is 3. The van der Waals surface area contributed by atoms with Crippen molar-refractivity contribution in [3.05, 3.63) is 36.3 Å². The molecule has 0 aromatic carbocycles. The largest absolute Gasteiger partial charge is 0.354 e. The van der Waals surface area contributed by atoms with Crippen LogP contribution in [0.1, 0.15) is 26.0 Å². The summed E-state index contributed by atoms with van der Waals surface area (Å²) in [5.41, 5.74) is 7.77. The number of aromatic nitrogens is 2. The summed E-state index contributed by atoms with van der Waals surface area (Å²) in [6.45, 7) is 4.59. The lowest BCUT2D eigenvalue weighted by Crippen LogP contribution is -2.45. The maximum Gasteiger partial charge on any atom is 0.237 e. The molecule has 2 aromatic heterocycles. The van der Waals surface area contributed by atoms with Crippen LogP contribution in [-0.2, 0) is 11.2 Å². The van der Waals surface area contributed by atoms with E-state index in [9.17, 15) is 4.79 Å². The number of imidazole rings is 1. The number of rotatable bonds is 6. The van der Waals surface area contributed by atoms with Gasteiger partial charge in [0.25, 0.3) is 0 Å². The highest BCUT2D eigenvalue weighted by Crippen LogP contribution is 2.06. The molecule has 5 nitrogen and oxygen atoms in total. The highest BCUT2D eigenvalue weighted by atomic mass is 35.5. The van der Waals surface area contributed by atoms with Gasteiger partial charge in [0.1, 0.15) is 5.65 Å². The summed E-state index contributed by atoms with van der Waals surface area (Å²) in [4.78, 5) is 16.3. The molecule has 0 saturated carbocycles. The summed E-state index contributed by atoms with van der Waals surface area (Å²) in [7, 11) is 0. The Bertz CT molecular complexity index is 551. The van der Waals surface area contributed by atoms with Crippen LogP contribution in [0.25, 0.3) is 5.65 Å². The lowest BCUT2D eigenvalue weighted by atomic mass is 9.99. The number of amides is 1. The van der Waals surface area contributed by atoms with E-state index in [1.54, 1.807) is 0 Å². The normalized spacial score (nSPS) is 13.5. The Morgan fingerprint density at radius 3 is 2.90 bits per heavy atom. The number of nitrogens with zero attached hydrogens (tertiary/aromatic N) is 2. The van der Waals surface area contributed by atoms with Crippen LogP contribution >= 0.6 is 12.4 Å². The molecule has 116 valence electrons. The van der Waals surface area contributed by atoms with Gasteiger partial charge in [-0.25, -0.2) is 4.98 Å². The van der Waals surface area contributed by atoms with Gasteiger partial charge in [-0.3, -0.25) is 4.79 Å². The zero-order valence-corrected chi connectivity index (χ0v) is 13.3. The van der Waals surface area contributed by atoms with E-state index >= 15 is 0 Å². The van der Waals surface area contributed by atoms with Gasteiger partial charge in [-0.15, -0.1) is 12.4 Å². The molecule has 0 aliphatic carbocycles. The first-order chi connectivity index (χ1) is 9.61. The third kappa shape index (κ3) is 4.44. The molecule has 1 amide bonds. The van der Waals surface area contributed by atoms with Crippen molar-refractivity contribution < 1.29 is 4.79 Å². The first-order valence-electron chi connectivity index (χ1n) is 7.07. The number of nitrogens with one attached hydrogen (secondary N) is 1. The van der Waals surface area contributed by atoms with Crippen molar-refractivity contribution in [2.75, 3.05) is 6.54 Å². The summed E-state index contributed by atoms with van der Waals surface area (Å²) < 4.78 is 1.97. The minimum absolute atomic E-state index is 0. The quantitative estimate of drug-likeness (QED) is 0.854. The lowest BCUT2D eigenvalue weighted by Gasteiger charge is -2.17. The average molecular weight is 311 g/mol. The summed E-state index contributed by atoms with van der Waals surface area (Å²) in [5, 5.41) is 2.88. The standard InChI is InChI=1S/C15H22N4O.ClH/c1-3-11(2)14(16)15(20)17-8-7-12-10-19-9-5-4-6-13(19)18-12;/h4-6,9-11,14H,3,7-8,16H2,1-2H3,(H,17,20);1H. The van der Waals surface area contributed by atoms with Crippen LogP contribution in [0.5, 0.6) is 0 Å². The maximum absolute atomic E-state index is 11.8. The molecule has 2 unspecified atom stereocenters. The molecule has 2 rings (SSSR count). The molecule has 2 atom stereocenters.